The summed E-state index contributed by atoms with van der Waals surface area (Å²) in [5.41, 5.74) is 2.17. The van der Waals surface area contributed by atoms with E-state index in [1.807, 2.05) is 60.7 Å². The van der Waals surface area contributed by atoms with Gasteiger partial charge in [-0.05, 0) is 42.4 Å². The van der Waals surface area contributed by atoms with E-state index in [9.17, 15) is 19.8 Å². The first kappa shape index (κ1) is 25.3. The molecule has 3 aliphatic rings. The van der Waals surface area contributed by atoms with Crippen LogP contribution in [0, 0.1) is 0 Å². The lowest BCUT2D eigenvalue weighted by atomic mass is 9.80. The number of benzene rings is 3. The molecule has 4 atom stereocenters. The number of aromatic hydroxyl groups is 1. The second-order valence-electron chi connectivity index (χ2n) is 10.5. The van der Waals surface area contributed by atoms with Crippen LogP contribution in [0.4, 0.5) is 0 Å². The first-order valence-electron chi connectivity index (χ1n) is 13.4. The van der Waals surface area contributed by atoms with Gasteiger partial charge >= 0.3 is 5.97 Å². The van der Waals surface area contributed by atoms with Crippen LogP contribution >= 0.6 is 0 Å². The summed E-state index contributed by atoms with van der Waals surface area (Å²) >= 11 is 0. The zero-order valence-electron chi connectivity index (χ0n) is 21.4. The maximum absolute atomic E-state index is 13.3. The van der Waals surface area contributed by atoms with Crippen LogP contribution in [0.5, 0.6) is 17.2 Å². The molecule has 3 heterocycles. The second kappa shape index (κ2) is 10.3. The molecule has 1 fully saturated rings. The number of phenolic OH excluding ortho intramolecular Hbond substituents is 1. The van der Waals surface area contributed by atoms with Crippen molar-refractivity contribution < 1.29 is 34.0 Å². The molecular formula is C32H30O7. The molecular weight excluding hydrogens is 496 g/mol. The highest BCUT2D eigenvalue weighted by Gasteiger charge is 2.43. The maximum atomic E-state index is 13.3. The highest BCUT2D eigenvalue weighted by atomic mass is 16.6. The summed E-state index contributed by atoms with van der Waals surface area (Å²) < 4.78 is 18.1. The van der Waals surface area contributed by atoms with Crippen LogP contribution in [-0.4, -0.2) is 33.9 Å². The summed E-state index contributed by atoms with van der Waals surface area (Å²) in [5.74, 6) is -2.64. The van der Waals surface area contributed by atoms with Crippen molar-refractivity contribution in [1.82, 2.24) is 0 Å². The molecule has 2 N–H and O–H groups in total. The number of carbonyl (C=O) groups excluding carboxylic acids is 2. The number of fused-ring (bicyclic) bond motifs is 5. The lowest BCUT2D eigenvalue weighted by Gasteiger charge is -2.41. The molecule has 0 saturated carbocycles. The molecule has 0 radical (unpaired) electrons. The molecule has 7 nitrogen and oxygen atoms in total. The molecule has 3 aliphatic heterocycles. The first-order valence-corrected chi connectivity index (χ1v) is 13.4. The third-order valence-corrected chi connectivity index (χ3v) is 7.69. The number of ether oxygens (including phenoxy) is 3. The first-order chi connectivity index (χ1) is 18.9. The minimum atomic E-state index is -1.61. The minimum absolute atomic E-state index is 0.0727. The Morgan fingerprint density at radius 3 is 2.49 bits per heavy atom. The number of carbonyl (C=O) groups is 2. The van der Waals surface area contributed by atoms with Crippen molar-refractivity contribution in [2.45, 2.75) is 62.4 Å². The lowest BCUT2D eigenvalue weighted by Crippen LogP contribution is -2.42. The fourth-order valence-electron chi connectivity index (χ4n) is 5.88. The topological polar surface area (TPSA) is 102 Å². The SMILES string of the molecule is O=C1CCC[C@H]2C[C@@H](C[C@@](O)(/C=C/c3ccccc3)O2)c2c(cc3c(c2O)C(=O)C[C@@H](c2ccccc2)O3)O1. The third kappa shape index (κ3) is 5.20. The summed E-state index contributed by atoms with van der Waals surface area (Å²) in [6, 6.07) is 20.6. The lowest BCUT2D eigenvalue weighted by molar-refractivity contribution is -0.227. The molecule has 3 aromatic rings. The standard InChI is InChI=1S/C32H30O7/c33-24-17-25(21-10-5-2-6-11-21)37-27-18-26-29(31(35)30(24)27)22-16-23(12-7-13-28(34)38-26)39-32(36,19-22)15-14-20-8-3-1-4-9-20/h1-6,8-11,14-15,18,22-23,25,35-36H,7,12-13,16-17,19H2/b15-14+/t22-,23-,25-,32+/m0/s1. The van der Waals surface area contributed by atoms with E-state index in [-0.39, 0.29) is 54.0 Å². The molecule has 2 bridgehead atoms. The number of rotatable bonds is 3. The van der Waals surface area contributed by atoms with Crippen molar-refractivity contribution in [1.29, 1.82) is 0 Å². The molecule has 0 unspecified atom stereocenters. The molecule has 200 valence electrons. The number of ketones is 1. The molecule has 39 heavy (non-hydrogen) atoms. The summed E-state index contributed by atoms with van der Waals surface area (Å²) in [5, 5.41) is 23.1. The number of esters is 1. The zero-order chi connectivity index (χ0) is 27.0. The van der Waals surface area contributed by atoms with Gasteiger partial charge in [0, 0.05) is 24.5 Å². The van der Waals surface area contributed by atoms with E-state index in [1.165, 1.54) is 0 Å². The number of Topliss-reactive ketones (excluding diaryl/α,β-unsaturated/α-hetero) is 1. The van der Waals surface area contributed by atoms with E-state index in [4.69, 9.17) is 14.2 Å². The fraction of sp³-hybridized carbons (Fsp3) is 0.312. The molecule has 7 heteroatoms. The van der Waals surface area contributed by atoms with Gasteiger partial charge in [0.25, 0.3) is 0 Å². The maximum Gasteiger partial charge on any atom is 0.311 e. The Balaban J connectivity index is 1.40. The fourth-order valence-corrected chi connectivity index (χ4v) is 5.88. The van der Waals surface area contributed by atoms with E-state index in [0.717, 1.165) is 11.1 Å². The smallest absolute Gasteiger partial charge is 0.311 e. The van der Waals surface area contributed by atoms with Crippen molar-refractivity contribution >= 4 is 17.8 Å². The number of hydrogen-bond donors (Lipinski definition) is 2. The summed E-state index contributed by atoms with van der Waals surface area (Å²) in [7, 11) is 0. The molecule has 3 aromatic carbocycles. The van der Waals surface area contributed by atoms with Crippen molar-refractivity contribution in [2.24, 2.45) is 0 Å². The van der Waals surface area contributed by atoms with Gasteiger partial charge in [-0.3, -0.25) is 9.59 Å². The Labute approximate surface area is 226 Å². The van der Waals surface area contributed by atoms with Crippen molar-refractivity contribution in [3.63, 3.8) is 0 Å². The van der Waals surface area contributed by atoms with E-state index in [1.54, 1.807) is 18.2 Å². The Morgan fingerprint density at radius 1 is 0.974 bits per heavy atom. The Kier molecular flexibility index (Phi) is 6.71. The predicted octanol–water partition coefficient (Wildman–Crippen LogP) is 5.85. The quantitative estimate of drug-likeness (QED) is 0.326. The van der Waals surface area contributed by atoms with Crippen LogP contribution in [0.15, 0.2) is 72.8 Å². The van der Waals surface area contributed by atoms with Crippen LogP contribution in [0.2, 0.25) is 0 Å². The van der Waals surface area contributed by atoms with Crippen LogP contribution in [0.25, 0.3) is 6.08 Å². The van der Waals surface area contributed by atoms with E-state index in [2.05, 4.69) is 0 Å². The predicted molar refractivity (Wildman–Crippen MR) is 144 cm³/mol. The van der Waals surface area contributed by atoms with Gasteiger partial charge in [-0.1, -0.05) is 66.7 Å². The highest BCUT2D eigenvalue weighted by molar-refractivity contribution is 6.03. The van der Waals surface area contributed by atoms with Crippen LogP contribution in [0.3, 0.4) is 0 Å². The largest absolute Gasteiger partial charge is 0.507 e. The van der Waals surface area contributed by atoms with E-state index < -0.39 is 23.8 Å². The van der Waals surface area contributed by atoms with Gasteiger partial charge in [-0.2, -0.15) is 0 Å². The second-order valence-corrected chi connectivity index (χ2v) is 10.5. The van der Waals surface area contributed by atoms with Crippen molar-refractivity contribution in [3.05, 3.63) is 95.1 Å². The zero-order valence-corrected chi connectivity index (χ0v) is 21.4. The normalized spacial score (nSPS) is 26.7. The number of phenols is 1. The number of aliphatic hydroxyl groups is 1. The van der Waals surface area contributed by atoms with Crippen molar-refractivity contribution in [3.8, 4) is 17.2 Å². The average molecular weight is 527 g/mol. The third-order valence-electron chi connectivity index (χ3n) is 7.69. The Morgan fingerprint density at radius 2 is 1.72 bits per heavy atom. The Hall–Kier alpha value is -3.94. The van der Waals surface area contributed by atoms with Gasteiger partial charge in [0.2, 0.25) is 0 Å². The van der Waals surface area contributed by atoms with E-state index >= 15 is 0 Å². The van der Waals surface area contributed by atoms with Gasteiger partial charge in [-0.25, -0.2) is 0 Å². The van der Waals surface area contributed by atoms with Gasteiger partial charge in [0.15, 0.2) is 11.6 Å². The highest BCUT2D eigenvalue weighted by Crippen LogP contribution is 2.52. The van der Waals surface area contributed by atoms with Gasteiger partial charge in [0.05, 0.1) is 12.5 Å². The molecule has 6 rings (SSSR count). The summed E-state index contributed by atoms with van der Waals surface area (Å²) in [4.78, 5) is 26.0. The summed E-state index contributed by atoms with van der Waals surface area (Å²) in [6.45, 7) is 0. The number of hydrogen-bond acceptors (Lipinski definition) is 7. The van der Waals surface area contributed by atoms with Crippen LogP contribution < -0.4 is 9.47 Å². The van der Waals surface area contributed by atoms with Crippen LogP contribution in [-0.2, 0) is 9.53 Å². The Bertz CT molecular complexity index is 1420. The van der Waals surface area contributed by atoms with E-state index in [0.29, 0.717) is 24.8 Å². The van der Waals surface area contributed by atoms with Crippen molar-refractivity contribution in [2.75, 3.05) is 0 Å². The molecule has 0 aromatic heterocycles. The average Bonchev–Trinajstić information content (AvgIpc) is 2.92. The van der Waals surface area contributed by atoms with Crippen LogP contribution in [0.1, 0.15) is 77.6 Å². The molecule has 0 spiro atoms. The monoisotopic (exact) mass is 526 g/mol. The summed E-state index contributed by atoms with van der Waals surface area (Å²) in [6.07, 6.45) is 4.51. The minimum Gasteiger partial charge on any atom is -0.507 e. The van der Waals surface area contributed by atoms with Gasteiger partial charge in [0.1, 0.15) is 28.9 Å². The molecule has 0 aliphatic carbocycles. The molecule has 0 amide bonds. The van der Waals surface area contributed by atoms with Gasteiger partial charge in [-0.15, -0.1) is 0 Å². The van der Waals surface area contributed by atoms with Gasteiger partial charge < -0.3 is 24.4 Å². The molecule has 1 saturated heterocycles.